The molecule has 0 bridgehead atoms. The highest BCUT2D eigenvalue weighted by atomic mass is 16.5. The molecule has 0 spiro atoms. The summed E-state index contributed by atoms with van der Waals surface area (Å²) in [6.07, 6.45) is 1.47. The van der Waals surface area contributed by atoms with Gasteiger partial charge in [0.15, 0.2) is 0 Å². The molecule has 1 saturated heterocycles. The Kier molecular flexibility index (Phi) is 4.25. The average Bonchev–Trinajstić information content (AvgIpc) is 2.74. The summed E-state index contributed by atoms with van der Waals surface area (Å²) < 4.78 is 11.3. The lowest BCUT2D eigenvalue weighted by Crippen LogP contribution is -2.26. The summed E-state index contributed by atoms with van der Waals surface area (Å²) >= 11 is 0. The van der Waals surface area contributed by atoms with Crippen molar-refractivity contribution in [3.05, 3.63) is 29.8 Å². The number of benzene rings is 1. The maximum absolute atomic E-state index is 6.35. The van der Waals surface area contributed by atoms with Crippen molar-refractivity contribution in [2.45, 2.75) is 45.4 Å². The van der Waals surface area contributed by atoms with Crippen molar-refractivity contribution in [2.75, 3.05) is 6.61 Å². The zero-order valence-electron chi connectivity index (χ0n) is 11.4. The van der Waals surface area contributed by atoms with Crippen molar-refractivity contribution in [3.8, 4) is 5.75 Å². The van der Waals surface area contributed by atoms with Gasteiger partial charge in [0.05, 0.1) is 12.2 Å². The molecule has 3 unspecified atom stereocenters. The summed E-state index contributed by atoms with van der Waals surface area (Å²) in [5.74, 6) is 1.30. The lowest BCUT2D eigenvalue weighted by atomic mass is 9.89. The molecule has 3 heteroatoms. The Balaban J connectivity index is 2.12. The standard InChI is InChI=1S/C15H23NO2/c1-10(2)18-13-6-4-5-12(9-13)15(16)14-7-8-17-11(14)3/h4-6,9-11,14-15H,7-8,16H2,1-3H3. The van der Waals surface area contributed by atoms with E-state index in [0.29, 0.717) is 5.92 Å². The van der Waals surface area contributed by atoms with Crippen LogP contribution < -0.4 is 10.5 Å². The van der Waals surface area contributed by atoms with Crippen LogP contribution in [0.15, 0.2) is 24.3 Å². The van der Waals surface area contributed by atoms with E-state index in [1.807, 2.05) is 26.0 Å². The molecule has 1 aromatic carbocycles. The Morgan fingerprint density at radius 2 is 2.17 bits per heavy atom. The molecule has 0 radical (unpaired) electrons. The topological polar surface area (TPSA) is 44.5 Å². The zero-order valence-corrected chi connectivity index (χ0v) is 11.4. The van der Waals surface area contributed by atoms with Gasteiger partial charge in [0.2, 0.25) is 0 Å². The molecular weight excluding hydrogens is 226 g/mol. The van der Waals surface area contributed by atoms with Gasteiger partial charge in [-0.15, -0.1) is 0 Å². The van der Waals surface area contributed by atoms with E-state index in [1.165, 1.54) is 0 Å². The fourth-order valence-corrected chi connectivity index (χ4v) is 2.53. The predicted molar refractivity (Wildman–Crippen MR) is 72.7 cm³/mol. The number of ether oxygens (including phenoxy) is 2. The van der Waals surface area contributed by atoms with Crippen LogP contribution in [0.3, 0.4) is 0 Å². The summed E-state index contributed by atoms with van der Waals surface area (Å²) in [5.41, 5.74) is 7.49. The van der Waals surface area contributed by atoms with E-state index in [2.05, 4.69) is 19.1 Å². The molecule has 0 saturated carbocycles. The van der Waals surface area contributed by atoms with Gasteiger partial charge >= 0.3 is 0 Å². The molecule has 0 amide bonds. The predicted octanol–water partition coefficient (Wildman–Crippen LogP) is 2.90. The molecule has 1 heterocycles. The second kappa shape index (κ2) is 5.72. The first-order valence-corrected chi connectivity index (χ1v) is 6.71. The Bertz CT molecular complexity index is 392. The van der Waals surface area contributed by atoms with Crippen molar-refractivity contribution >= 4 is 0 Å². The van der Waals surface area contributed by atoms with Crippen LogP contribution in [-0.2, 0) is 4.74 Å². The molecule has 1 aliphatic heterocycles. The fraction of sp³-hybridized carbons (Fsp3) is 0.600. The van der Waals surface area contributed by atoms with Crippen LogP contribution in [0.5, 0.6) is 5.75 Å². The van der Waals surface area contributed by atoms with Crippen LogP contribution in [0.2, 0.25) is 0 Å². The highest BCUT2D eigenvalue weighted by Gasteiger charge is 2.30. The van der Waals surface area contributed by atoms with Gasteiger partial charge in [-0.1, -0.05) is 12.1 Å². The monoisotopic (exact) mass is 249 g/mol. The molecule has 2 rings (SSSR count). The fourth-order valence-electron chi connectivity index (χ4n) is 2.53. The summed E-state index contributed by atoms with van der Waals surface area (Å²) in [4.78, 5) is 0. The van der Waals surface area contributed by atoms with Gasteiger partial charge < -0.3 is 15.2 Å². The van der Waals surface area contributed by atoms with Crippen molar-refractivity contribution < 1.29 is 9.47 Å². The average molecular weight is 249 g/mol. The van der Waals surface area contributed by atoms with Gasteiger partial charge in [0, 0.05) is 18.6 Å². The number of rotatable bonds is 4. The molecule has 3 atom stereocenters. The maximum atomic E-state index is 6.35. The van der Waals surface area contributed by atoms with E-state index < -0.39 is 0 Å². The van der Waals surface area contributed by atoms with Crippen molar-refractivity contribution in [2.24, 2.45) is 11.7 Å². The molecule has 100 valence electrons. The molecule has 0 aliphatic carbocycles. The van der Waals surface area contributed by atoms with E-state index >= 15 is 0 Å². The molecular formula is C15H23NO2. The van der Waals surface area contributed by atoms with Crippen LogP contribution in [0, 0.1) is 5.92 Å². The van der Waals surface area contributed by atoms with E-state index in [1.54, 1.807) is 0 Å². The first-order chi connectivity index (χ1) is 8.58. The summed E-state index contributed by atoms with van der Waals surface area (Å²) in [5, 5.41) is 0. The molecule has 18 heavy (non-hydrogen) atoms. The summed E-state index contributed by atoms with van der Waals surface area (Å²) in [6.45, 7) is 6.98. The Morgan fingerprint density at radius 3 is 2.78 bits per heavy atom. The quantitative estimate of drug-likeness (QED) is 0.892. The van der Waals surface area contributed by atoms with E-state index in [0.717, 1.165) is 24.3 Å². The molecule has 3 nitrogen and oxygen atoms in total. The minimum absolute atomic E-state index is 0.0261. The van der Waals surface area contributed by atoms with E-state index in [4.69, 9.17) is 15.2 Å². The SMILES string of the molecule is CC(C)Oc1cccc(C(N)C2CCOC2C)c1. The maximum Gasteiger partial charge on any atom is 0.120 e. The minimum Gasteiger partial charge on any atom is -0.491 e. The third-order valence-electron chi connectivity index (χ3n) is 3.51. The van der Waals surface area contributed by atoms with E-state index in [-0.39, 0.29) is 18.2 Å². The molecule has 2 N–H and O–H groups in total. The van der Waals surface area contributed by atoms with E-state index in [9.17, 15) is 0 Å². The van der Waals surface area contributed by atoms with Crippen molar-refractivity contribution in [1.82, 2.24) is 0 Å². The van der Waals surface area contributed by atoms with Gasteiger partial charge in [0.25, 0.3) is 0 Å². The van der Waals surface area contributed by atoms with Gasteiger partial charge in [0.1, 0.15) is 5.75 Å². The molecule has 1 fully saturated rings. The first-order valence-electron chi connectivity index (χ1n) is 6.71. The first kappa shape index (κ1) is 13.4. The molecule has 1 aliphatic rings. The van der Waals surface area contributed by atoms with Crippen LogP contribution in [-0.4, -0.2) is 18.8 Å². The molecule has 0 aromatic heterocycles. The summed E-state index contributed by atoms with van der Waals surface area (Å²) in [6, 6.07) is 8.13. The van der Waals surface area contributed by atoms with Crippen LogP contribution >= 0.6 is 0 Å². The summed E-state index contributed by atoms with van der Waals surface area (Å²) in [7, 11) is 0. The van der Waals surface area contributed by atoms with Gasteiger partial charge in [-0.05, 0) is 44.9 Å². The lowest BCUT2D eigenvalue weighted by Gasteiger charge is -2.23. The second-order valence-corrected chi connectivity index (χ2v) is 5.29. The third-order valence-corrected chi connectivity index (χ3v) is 3.51. The lowest BCUT2D eigenvalue weighted by molar-refractivity contribution is 0.0994. The smallest absolute Gasteiger partial charge is 0.120 e. The van der Waals surface area contributed by atoms with Crippen molar-refractivity contribution in [3.63, 3.8) is 0 Å². The second-order valence-electron chi connectivity index (χ2n) is 5.29. The molecule has 1 aromatic rings. The number of nitrogens with two attached hydrogens (primary N) is 1. The van der Waals surface area contributed by atoms with Gasteiger partial charge in [-0.25, -0.2) is 0 Å². The zero-order chi connectivity index (χ0) is 13.1. The van der Waals surface area contributed by atoms with Gasteiger partial charge in [-0.2, -0.15) is 0 Å². The van der Waals surface area contributed by atoms with Crippen molar-refractivity contribution in [1.29, 1.82) is 0 Å². The van der Waals surface area contributed by atoms with Gasteiger partial charge in [-0.3, -0.25) is 0 Å². The Morgan fingerprint density at radius 1 is 1.39 bits per heavy atom. The van der Waals surface area contributed by atoms with Crippen LogP contribution in [0.25, 0.3) is 0 Å². The third kappa shape index (κ3) is 3.03. The Labute approximate surface area is 109 Å². The normalized spacial score (nSPS) is 25.4. The van der Waals surface area contributed by atoms with Crippen LogP contribution in [0.1, 0.15) is 38.8 Å². The highest BCUT2D eigenvalue weighted by molar-refractivity contribution is 5.31. The minimum atomic E-state index is 0.0261. The Hall–Kier alpha value is -1.06. The number of hydrogen-bond acceptors (Lipinski definition) is 3. The van der Waals surface area contributed by atoms with Crippen LogP contribution in [0.4, 0.5) is 0 Å². The number of hydrogen-bond donors (Lipinski definition) is 1. The largest absolute Gasteiger partial charge is 0.491 e. The highest BCUT2D eigenvalue weighted by Crippen LogP contribution is 2.32.